The van der Waals surface area contributed by atoms with Gasteiger partial charge in [0.05, 0.1) is 24.8 Å². The molecule has 1 amide bonds. The highest BCUT2D eigenvalue weighted by atomic mass is 19.4. The second-order valence-electron chi connectivity index (χ2n) is 7.57. The molecule has 3 heterocycles. The van der Waals surface area contributed by atoms with E-state index in [1.54, 1.807) is 9.58 Å². The van der Waals surface area contributed by atoms with Crippen molar-refractivity contribution in [3.63, 3.8) is 0 Å². The minimum atomic E-state index is -4.65. The Morgan fingerprint density at radius 2 is 1.90 bits per heavy atom. The number of aryl methyl sites for hydroxylation is 1. The zero-order valence-corrected chi connectivity index (χ0v) is 16.0. The molecule has 2 aromatic rings. The Bertz CT molecular complexity index is 954. The molecule has 158 valence electrons. The van der Waals surface area contributed by atoms with E-state index in [2.05, 4.69) is 5.10 Å². The van der Waals surface area contributed by atoms with Gasteiger partial charge in [-0.15, -0.1) is 0 Å². The molecule has 1 saturated carbocycles. The van der Waals surface area contributed by atoms with E-state index in [1.807, 2.05) is 0 Å². The van der Waals surface area contributed by atoms with Gasteiger partial charge in [-0.25, -0.2) is 0 Å². The number of rotatable bonds is 4. The van der Waals surface area contributed by atoms with Crippen molar-refractivity contribution < 1.29 is 22.7 Å². The molecule has 29 heavy (non-hydrogen) atoms. The van der Waals surface area contributed by atoms with E-state index >= 15 is 0 Å². The van der Waals surface area contributed by atoms with E-state index in [9.17, 15) is 22.8 Å². The van der Waals surface area contributed by atoms with Crippen LogP contribution in [0.15, 0.2) is 17.1 Å². The van der Waals surface area contributed by atoms with Gasteiger partial charge in [0.2, 0.25) is 5.91 Å². The van der Waals surface area contributed by atoms with Gasteiger partial charge in [-0.3, -0.25) is 18.8 Å². The van der Waals surface area contributed by atoms with Crippen LogP contribution < -0.4 is 5.56 Å². The first-order valence-corrected chi connectivity index (χ1v) is 9.90. The molecule has 0 spiro atoms. The largest absolute Gasteiger partial charge is 0.417 e. The van der Waals surface area contributed by atoms with Gasteiger partial charge in [0.1, 0.15) is 0 Å². The van der Waals surface area contributed by atoms with Crippen LogP contribution in [0.3, 0.4) is 0 Å². The number of aromatic nitrogens is 3. The number of morpholine rings is 1. The van der Waals surface area contributed by atoms with Gasteiger partial charge >= 0.3 is 6.18 Å². The van der Waals surface area contributed by atoms with Crippen molar-refractivity contribution >= 4 is 16.9 Å². The van der Waals surface area contributed by atoms with E-state index in [0.29, 0.717) is 32.4 Å². The zero-order chi connectivity index (χ0) is 20.6. The maximum Gasteiger partial charge on any atom is 0.417 e. The number of pyridine rings is 1. The van der Waals surface area contributed by atoms with Crippen LogP contribution in [0.1, 0.15) is 43.7 Å². The lowest BCUT2D eigenvalue weighted by atomic mass is 10.1. The first-order valence-electron chi connectivity index (χ1n) is 9.90. The fraction of sp³-hybridized carbons (Fsp3) is 0.632. The number of hydrogen-bond acceptors (Lipinski definition) is 4. The molecule has 1 aliphatic carbocycles. The smallest absolute Gasteiger partial charge is 0.378 e. The van der Waals surface area contributed by atoms with Crippen LogP contribution >= 0.6 is 0 Å². The van der Waals surface area contributed by atoms with Gasteiger partial charge in [-0.05, 0) is 12.8 Å². The maximum absolute atomic E-state index is 13.5. The molecule has 0 bridgehead atoms. The monoisotopic (exact) mass is 412 g/mol. The minimum Gasteiger partial charge on any atom is -0.378 e. The molecular weight excluding hydrogens is 389 g/mol. The number of carbonyl (C=O) groups excluding carboxylic acids is 1. The van der Waals surface area contributed by atoms with Gasteiger partial charge < -0.3 is 9.64 Å². The molecule has 0 radical (unpaired) electrons. The van der Waals surface area contributed by atoms with Crippen molar-refractivity contribution in [1.29, 1.82) is 0 Å². The van der Waals surface area contributed by atoms with Gasteiger partial charge in [0, 0.05) is 43.7 Å². The summed E-state index contributed by atoms with van der Waals surface area (Å²) in [4.78, 5) is 26.5. The number of nitrogens with zero attached hydrogens (tertiary/aromatic N) is 4. The van der Waals surface area contributed by atoms with Crippen LogP contribution in [0.4, 0.5) is 13.2 Å². The van der Waals surface area contributed by atoms with Crippen LogP contribution in [0, 0.1) is 0 Å². The highest BCUT2D eigenvalue weighted by Crippen LogP contribution is 2.35. The van der Waals surface area contributed by atoms with E-state index in [1.165, 1.54) is 10.8 Å². The average Bonchev–Trinajstić information content (AvgIpc) is 3.36. The second-order valence-corrected chi connectivity index (χ2v) is 7.57. The molecule has 1 saturated heterocycles. The molecule has 0 unspecified atom stereocenters. The minimum absolute atomic E-state index is 0.00787. The van der Waals surface area contributed by atoms with E-state index < -0.39 is 17.3 Å². The van der Waals surface area contributed by atoms with E-state index in [4.69, 9.17) is 4.74 Å². The molecule has 0 aromatic carbocycles. The summed E-state index contributed by atoms with van der Waals surface area (Å²) >= 11 is 0. The van der Waals surface area contributed by atoms with E-state index in [-0.39, 0.29) is 35.9 Å². The zero-order valence-electron chi connectivity index (χ0n) is 16.0. The molecule has 0 atom stereocenters. The van der Waals surface area contributed by atoms with Crippen molar-refractivity contribution in [2.75, 3.05) is 26.3 Å². The lowest BCUT2D eigenvalue weighted by molar-refractivity contribution is -0.137. The lowest BCUT2D eigenvalue weighted by Gasteiger charge is -2.27. The summed E-state index contributed by atoms with van der Waals surface area (Å²) < 4.78 is 48.5. The summed E-state index contributed by atoms with van der Waals surface area (Å²) in [7, 11) is 0. The number of ether oxygens (including phenoxy) is 1. The predicted molar refractivity (Wildman–Crippen MR) is 98.5 cm³/mol. The van der Waals surface area contributed by atoms with Crippen molar-refractivity contribution in [1.82, 2.24) is 19.2 Å². The fourth-order valence-corrected chi connectivity index (χ4v) is 4.14. The summed E-state index contributed by atoms with van der Waals surface area (Å²) in [6.07, 6.45) is 0.500. The van der Waals surface area contributed by atoms with Crippen molar-refractivity contribution in [3.8, 4) is 0 Å². The molecule has 2 fully saturated rings. The normalized spacial score (nSPS) is 18.7. The quantitative estimate of drug-likeness (QED) is 0.774. The van der Waals surface area contributed by atoms with Crippen molar-refractivity contribution in [2.24, 2.45) is 0 Å². The first kappa shape index (κ1) is 19.9. The highest BCUT2D eigenvalue weighted by Gasteiger charge is 2.35. The van der Waals surface area contributed by atoms with Crippen LogP contribution in [-0.2, 0) is 22.3 Å². The van der Waals surface area contributed by atoms with Gasteiger partial charge in [-0.2, -0.15) is 18.3 Å². The number of alkyl halides is 3. The Morgan fingerprint density at radius 1 is 1.21 bits per heavy atom. The molecule has 1 aliphatic heterocycles. The van der Waals surface area contributed by atoms with Gasteiger partial charge in [-0.1, -0.05) is 12.8 Å². The lowest BCUT2D eigenvalue weighted by Crippen LogP contribution is -2.41. The summed E-state index contributed by atoms with van der Waals surface area (Å²) in [6.45, 7) is 1.87. The second kappa shape index (κ2) is 7.81. The standard InChI is InChI=1S/C19H23F3N4O3/c20-19(21,22)15-11-17(28)25(6-5-16(27)24-7-9-29-10-8-24)18-14(15)12-26(23-18)13-3-1-2-4-13/h11-13H,1-10H2. The number of amides is 1. The average molecular weight is 412 g/mol. The Kier molecular flexibility index (Phi) is 5.37. The molecule has 4 rings (SSSR count). The SMILES string of the molecule is O=C(CCn1c(=O)cc(C(F)(F)F)c2cn(C3CCCC3)nc21)N1CCOCC1. The third-order valence-electron chi connectivity index (χ3n) is 5.71. The number of hydrogen-bond donors (Lipinski definition) is 0. The molecule has 2 aromatic heterocycles. The Morgan fingerprint density at radius 3 is 2.55 bits per heavy atom. The van der Waals surface area contributed by atoms with Crippen LogP contribution in [0.25, 0.3) is 11.0 Å². The van der Waals surface area contributed by atoms with Crippen molar-refractivity contribution in [3.05, 3.63) is 28.2 Å². The topological polar surface area (TPSA) is 69.4 Å². The predicted octanol–water partition coefficient (Wildman–Crippen LogP) is 2.58. The van der Waals surface area contributed by atoms with Crippen LogP contribution in [-0.4, -0.2) is 51.5 Å². The van der Waals surface area contributed by atoms with Crippen molar-refractivity contribution in [2.45, 2.75) is 50.9 Å². The summed E-state index contributed by atoms with van der Waals surface area (Å²) in [5.74, 6) is -0.150. The summed E-state index contributed by atoms with van der Waals surface area (Å²) in [5, 5.41) is 4.26. The van der Waals surface area contributed by atoms with Crippen LogP contribution in [0.5, 0.6) is 0 Å². The maximum atomic E-state index is 13.5. The van der Waals surface area contributed by atoms with Crippen LogP contribution in [0.2, 0.25) is 0 Å². The first-order chi connectivity index (χ1) is 13.8. The number of fused-ring (bicyclic) bond motifs is 1. The molecule has 2 aliphatic rings. The molecular formula is C19H23F3N4O3. The van der Waals surface area contributed by atoms with E-state index in [0.717, 1.165) is 25.7 Å². The van der Waals surface area contributed by atoms with Gasteiger partial charge in [0.15, 0.2) is 5.65 Å². The number of carbonyl (C=O) groups is 1. The Hall–Kier alpha value is -2.36. The van der Waals surface area contributed by atoms with Gasteiger partial charge in [0.25, 0.3) is 5.56 Å². The fourth-order valence-electron chi connectivity index (χ4n) is 4.14. The molecule has 7 nitrogen and oxygen atoms in total. The molecule has 10 heteroatoms. The summed E-state index contributed by atoms with van der Waals surface area (Å²) in [5.41, 5.74) is -1.78. The third-order valence-corrected chi connectivity index (χ3v) is 5.71. The Labute approximate surface area is 165 Å². The Balaban J connectivity index is 1.68. The third kappa shape index (κ3) is 4.03. The molecule has 0 N–H and O–H groups in total. The summed E-state index contributed by atoms with van der Waals surface area (Å²) in [6, 6.07) is 0.657. The highest BCUT2D eigenvalue weighted by molar-refractivity contribution is 5.80. The number of halogens is 3.